The number of rotatable bonds is 4. The molecule has 0 bridgehead atoms. The van der Waals surface area contributed by atoms with Crippen molar-refractivity contribution in [3.05, 3.63) is 120 Å². The number of thioether (sulfide) groups is 1. The number of nitrogens with zero attached hydrogens (tertiary/aromatic N) is 1. The summed E-state index contributed by atoms with van der Waals surface area (Å²) in [6, 6.07) is 32.1. The summed E-state index contributed by atoms with van der Waals surface area (Å²) in [5.41, 5.74) is 5.04. The van der Waals surface area contributed by atoms with E-state index in [1.165, 1.54) is 27.2 Å². The normalized spacial score (nSPS) is 19.5. The molecule has 3 aromatic rings. The summed E-state index contributed by atoms with van der Waals surface area (Å²) >= 11 is 1.90. The van der Waals surface area contributed by atoms with E-state index in [9.17, 15) is 0 Å². The van der Waals surface area contributed by atoms with E-state index in [1.54, 1.807) is 0 Å². The smallest absolute Gasteiger partial charge is 0.116 e. The summed E-state index contributed by atoms with van der Waals surface area (Å²) in [7, 11) is 4.32. The molecule has 1 aliphatic heterocycles. The maximum atomic E-state index is 2.40. The molecule has 27 heavy (non-hydrogen) atoms. The predicted octanol–water partition coefficient (Wildman–Crippen LogP) is 6.27. The second kappa shape index (κ2) is 7.59. The number of likely N-dealkylation sites (N-methyl/N-ethyl adjacent to an activating group) is 1. The summed E-state index contributed by atoms with van der Waals surface area (Å²) < 4.78 is 0. The van der Waals surface area contributed by atoms with Crippen molar-refractivity contribution < 1.29 is 0 Å². The molecule has 0 amide bonds. The van der Waals surface area contributed by atoms with E-state index in [0.29, 0.717) is 0 Å². The molecule has 4 rings (SSSR count). The first-order valence-corrected chi connectivity index (χ1v) is 9.98. The monoisotopic (exact) mass is 369 g/mol. The Hall–Kier alpha value is -2.55. The van der Waals surface area contributed by atoms with Gasteiger partial charge in [-0.3, -0.25) is 4.90 Å². The van der Waals surface area contributed by atoms with Gasteiger partial charge in [0.15, 0.2) is 0 Å². The maximum absolute atomic E-state index is 2.40. The maximum Gasteiger partial charge on any atom is 0.116 e. The van der Waals surface area contributed by atoms with Crippen LogP contribution in [0.15, 0.2) is 103 Å². The lowest BCUT2D eigenvalue weighted by molar-refractivity contribution is 0.316. The van der Waals surface area contributed by atoms with Crippen molar-refractivity contribution >= 4 is 22.2 Å². The van der Waals surface area contributed by atoms with Crippen LogP contribution in [0.4, 0.5) is 0 Å². The van der Waals surface area contributed by atoms with Gasteiger partial charge in [0.1, 0.15) is 4.87 Å². The van der Waals surface area contributed by atoms with Crippen LogP contribution in [0.25, 0.3) is 10.5 Å². The van der Waals surface area contributed by atoms with Crippen LogP contribution in [0, 0.1) is 0 Å². The molecule has 1 heterocycles. The first kappa shape index (κ1) is 17.8. The lowest BCUT2D eigenvalue weighted by Gasteiger charge is -2.41. The topological polar surface area (TPSA) is 3.24 Å². The van der Waals surface area contributed by atoms with Crippen molar-refractivity contribution in [1.29, 1.82) is 0 Å². The van der Waals surface area contributed by atoms with Crippen LogP contribution in [0.5, 0.6) is 0 Å². The van der Waals surface area contributed by atoms with Gasteiger partial charge in [0.25, 0.3) is 0 Å². The highest BCUT2D eigenvalue weighted by Gasteiger charge is 2.37. The molecular formula is C25H23NS. The average molecular weight is 370 g/mol. The Kier molecular flexibility index (Phi) is 5.02. The predicted molar refractivity (Wildman–Crippen MR) is 118 cm³/mol. The molecule has 0 saturated heterocycles. The number of benzene rings is 3. The fraction of sp³-hybridized carbons (Fsp3) is 0.120. The molecule has 1 unspecified atom stereocenters. The minimum Gasteiger partial charge on any atom is -0.288 e. The van der Waals surface area contributed by atoms with Crippen molar-refractivity contribution in [2.24, 2.45) is 0 Å². The van der Waals surface area contributed by atoms with Gasteiger partial charge in [0, 0.05) is 4.91 Å². The lowest BCUT2D eigenvalue weighted by Crippen LogP contribution is -2.37. The zero-order chi connectivity index (χ0) is 18.7. The van der Waals surface area contributed by atoms with E-state index in [1.807, 2.05) is 11.8 Å². The lowest BCUT2D eigenvalue weighted by atomic mass is 9.96. The average Bonchev–Trinajstić information content (AvgIpc) is 2.75. The van der Waals surface area contributed by atoms with Crippen molar-refractivity contribution in [3.8, 4) is 0 Å². The van der Waals surface area contributed by atoms with E-state index in [4.69, 9.17) is 0 Å². The van der Waals surface area contributed by atoms with Gasteiger partial charge in [-0.1, -0.05) is 103 Å². The second-order valence-electron chi connectivity index (χ2n) is 6.90. The van der Waals surface area contributed by atoms with Crippen molar-refractivity contribution in [3.63, 3.8) is 0 Å². The Morgan fingerprint density at radius 2 is 1.19 bits per heavy atom. The number of hydrogen-bond donors (Lipinski definition) is 0. The molecule has 2 heteroatoms. The van der Waals surface area contributed by atoms with E-state index < -0.39 is 0 Å². The molecule has 134 valence electrons. The minimum absolute atomic E-state index is 0.258. The Labute approximate surface area is 166 Å². The van der Waals surface area contributed by atoms with Gasteiger partial charge in [0.05, 0.1) is 0 Å². The zero-order valence-electron chi connectivity index (χ0n) is 15.7. The molecule has 0 fully saturated rings. The third kappa shape index (κ3) is 3.51. The van der Waals surface area contributed by atoms with Crippen LogP contribution in [-0.4, -0.2) is 19.0 Å². The van der Waals surface area contributed by atoms with E-state index in [0.717, 1.165) is 0 Å². The largest absolute Gasteiger partial charge is 0.288 e. The fourth-order valence-electron chi connectivity index (χ4n) is 3.46. The standard InChI is InChI=1S/C25H23NS/c1-26(2)25(23-16-10-5-11-17-23)19-22(20-12-6-3-7-13-20)18-24(27-25)21-14-8-4-9-15-21/h3-19H,1-2H3. The van der Waals surface area contributed by atoms with Crippen LogP contribution >= 0.6 is 11.8 Å². The van der Waals surface area contributed by atoms with Crippen LogP contribution < -0.4 is 0 Å². The first-order valence-electron chi connectivity index (χ1n) is 9.16. The fourth-order valence-corrected chi connectivity index (χ4v) is 4.86. The van der Waals surface area contributed by atoms with Gasteiger partial charge in [-0.05, 0) is 48.5 Å². The van der Waals surface area contributed by atoms with Gasteiger partial charge in [-0.2, -0.15) is 0 Å². The van der Waals surface area contributed by atoms with E-state index >= 15 is 0 Å². The summed E-state index contributed by atoms with van der Waals surface area (Å²) in [6.07, 6.45) is 4.72. The third-order valence-corrected chi connectivity index (χ3v) is 6.52. The van der Waals surface area contributed by atoms with Gasteiger partial charge in [0.2, 0.25) is 0 Å². The molecule has 1 aliphatic rings. The van der Waals surface area contributed by atoms with Crippen LogP contribution in [0.1, 0.15) is 16.7 Å². The van der Waals surface area contributed by atoms with Gasteiger partial charge >= 0.3 is 0 Å². The summed E-state index contributed by atoms with van der Waals surface area (Å²) in [6.45, 7) is 0. The van der Waals surface area contributed by atoms with Crippen molar-refractivity contribution in [2.75, 3.05) is 14.1 Å². The molecule has 0 aliphatic carbocycles. The molecule has 0 spiro atoms. The number of hydrogen-bond acceptors (Lipinski definition) is 2. The molecule has 1 nitrogen and oxygen atoms in total. The van der Waals surface area contributed by atoms with Crippen LogP contribution in [0.3, 0.4) is 0 Å². The highest BCUT2D eigenvalue weighted by molar-refractivity contribution is 8.09. The number of allylic oxidation sites excluding steroid dienone is 2. The van der Waals surface area contributed by atoms with Crippen LogP contribution in [0.2, 0.25) is 0 Å². The summed E-state index contributed by atoms with van der Waals surface area (Å²) in [4.78, 5) is 3.34. The quantitative estimate of drug-likeness (QED) is 0.533. The first-order chi connectivity index (χ1) is 13.2. The Bertz CT molecular complexity index is 959. The van der Waals surface area contributed by atoms with Gasteiger partial charge < -0.3 is 0 Å². The second-order valence-corrected chi connectivity index (χ2v) is 8.17. The molecule has 3 aromatic carbocycles. The molecule has 0 saturated carbocycles. The van der Waals surface area contributed by atoms with Crippen molar-refractivity contribution in [1.82, 2.24) is 4.90 Å². The highest BCUT2D eigenvalue weighted by Crippen LogP contribution is 2.52. The van der Waals surface area contributed by atoms with E-state index in [2.05, 4.69) is 122 Å². The molecule has 0 radical (unpaired) electrons. The zero-order valence-corrected chi connectivity index (χ0v) is 16.5. The minimum atomic E-state index is -0.258. The SMILES string of the molecule is CN(C)C1(c2ccccc2)C=C(c2ccccc2)C=C(c2ccccc2)S1. The summed E-state index contributed by atoms with van der Waals surface area (Å²) in [5, 5.41) is 0. The Morgan fingerprint density at radius 1 is 0.667 bits per heavy atom. The van der Waals surface area contributed by atoms with Gasteiger partial charge in [-0.15, -0.1) is 0 Å². The summed E-state index contributed by atoms with van der Waals surface area (Å²) in [5.74, 6) is 0. The third-order valence-electron chi connectivity index (χ3n) is 4.92. The Balaban J connectivity index is 1.92. The Morgan fingerprint density at radius 3 is 1.74 bits per heavy atom. The molecular weight excluding hydrogens is 346 g/mol. The van der Waals surface area contributed by atoms with Gasteiger partial charge in [-0.25, -0.2) is 0 Å². The highest BCUT2D eigenvalue weighted by atomic mass is 32.2. The molecule has 1 atom stereocenters. The molecule has 0 aromatic heterocycles. The van der Waals surface area contributed by atoms with Crippen LogP contribution in [-0.2, 0) is 4.87 Å². The molecule has 0 N–H and O–H groups in total. The van der Waals surface area contributed by atoms with E-state index in [-0.39, 0.29) is 4.87 Å². The van der Waals surface area contributed by atoms with Crippen molar-refractivity contribution in [2.45, 2.75) is 4.87 Å².